The molecule has 0 unspecified atom stereocenters. The summed E-state index contributed by atoms with van der Waals surface area (Å²) in [7, 11) is 0. The second-order valence-electron chi connectivity index (χ2n) is 8.30. The van der Waals surface area contributed by atoms with Crippen molar-refractivity contribution in [2.75, 3.05) is 6.61 Å². The van der Waals surface area contributed by atoms with Crippen molar-refractivity contribution in [3.8, 4) is 0 Å². The lowest BCUT2D eigenvalue weighted by Gasteiger charge is -2.31. The molecule has 0 aromatic heterocycles. The summed E-state index contributed by atoms with van der Waals surface area (Å²) in [6.07, 6.45) is 1.51. The van der Waals surface area contributed by atoms with Gasteiger partial charge in [-0.2, -0.15) is 0 Å². The zero-order valence-corrected chi connectivity index (χ0v) is 18.1. The second kappa shape index (κ2) is 10.2. The average molecular weight is 413 g/mol. The molecule has 2 aromatic rings. The zero-order valence-electron chi connectivity index (χ0n) is 18.1. The van der Waals surface area contributed by atoms with Gasteiger partial charge in [-0.25, -0.2) is 0 Å². The van der Waals surface area contributed by atoms with Crippen molar-refractivity contribution < 1.29 is 23.7 Å². The van der Waals surface area contributed by atoms with Gasteiger partial charge in [0.1, 0.15) is 12.2 Å². The third kappa shape index (κ3) is 6.39. The summed E-state index contributed by atoms with van der Waals surface area (Å²) >= 11 is 0. The van der Waals surface area contributed by atoms with E-state index in [2.05, 4.69) is 0 Å². The fourth-order valence-corrected chi connectivity index (χ4v) is 3.86. The summed E-state index contributed by atoms with van der Waals surface area (Å²) in [5.74, 6) is -0.881. The van der Waals surface area contributed by atoms with Crippen LogP contribution in [0.2, 0.25) is 0 Å². The van der Waals surface area contributed by atoms with Gasteiger partial charge in [0.05, 0.1) is 19.3 Å². The molecule has 5 nitrogen and oxygen atoms in total. The maximum Gasteiger partial charge on any atom is 0.306 e. The van der Waals surface area contributed by atoms with Crippen LogP contribution in [0.4, 0.5) is 0 Å². The fourth-order valence-electron chi connectivity index (χ4n) is 3.86. The first-order valence-corrected chi connectivity index (χ1v) is 10.6. The monoisotopic (exact) mass is 412 g/mol. The van der Waals surface area contributed by atoms with Gasteiger partial charge in [-0.05, 0) is 44.7 Å². The minimum absolute atomic E-state index is 0.136. The quantitative estimate of drug-likeness (QED) is 0.513. The molecule has 0 amide bonds. The predicted octanol–water partition coefficient (Wildman–Crippen LogP) is 5.03. The van der Waals surface area contributed by atoms with Crippen molar-refractivity contribution in [1.82, 2.24) is 0 Å². The molecule has 0 N–H and O–H groups in total. The first-order chi connectivity index (χ1) is 14.4. The van der Waals surface area contributed by atoms with Crippen LogP contribution in [-0.2, 0) is 37.0 Å². The molecule has 5 heteroatoms. The number of benzene rings is 2. The van der Waals surface area contributed by atoms with Gasteiger partial charge >= 0.3 is 5.97 Å². The van der Waals surface area contributed by atoms with E-state index in [1.54, 1.807) is 0 Å². The minimum atomic E-state index is -0.677. The van der Waals surface area contributed by atoms with E-state index in [9.17, 15) is 4.79 Å². The summed E-state index contributed by atoms with van der Waals surface area (Å²) in [5.41, 5.74) is 1.51. The number of ether oxygens (including phenoxy) is 4. The van der Waals surface area contributed by atoms with Crippen LogP contribution >= 0.6 is 0 Å². The highest BCUT2D eigenvalue weighted by molar-refractivity contribution is 5.69. The molecule has 0 aliphatic carbocycles. The number of rotatable bonds is 10. The van der Waals surface area contributed by atoms with Crippen molar-refractivity contribution in [3.63, 3.8) is 0 Å². The van der Waals surface area contributed by atoms with E-state index in [1.807, 2.05) is 81.4 Å². The number of carbonyl (C=O) groups excluding carboxylic acids is 1. The lowest BCUT2D eigenvalue weighted by molar-refractivity contribution is -0.177. The van der Waals surface area contributed by atoms with Gasteiger partial charge in [-0.3, -0.25) is 4.79 Å². The van der Waals surface area contributed by atoms with Gasteiger partial charge in [0.15, 0.2) is 5.79 Å². The lowest BCUT2D eigenvalue weighted by Crippen LogP contribution is -2.43. The van der Waals surface area contributed by atoms with Crippen LogP contribution in [0.25, 0.3) is 0 Å². The number of carbonyl (C=O) groups is 1. The van der Waals surface area contributed by atoms with Crippen molar-refractivity contribution >= 4 is 5.97 Å². The van der Waals surface area contributed by atoms with Crippen LogP contribution in [0, 0.1) is 0 Å². The Labute approximate surface area is 179 Å². The molecule has 1 fully saturated rings. The van der Waals surface area contributed by atoms with Gasteiger partial charge in [-0.1, -0.05) is 60.7 Å². The van der Waals surface area contributed by atoms with Crippen LogP contribution < -0.4 is 0 Å². The van der Waals surface area contributed by atoms with Gasteiger partial charge in [-0.15, -0.1) is 0 Å². The van der Waals surface area contributed by atoms with Gasteiger partial charge < -0.3 is 18.9 Å². The van der Waals surface area contributed by atoms with Gasteiger partial charge in [0, 0.05) is 6.42 Å². The van der Waals surface area contributed by atoms with E-state index in [4.69, 9.17) is 18.9 Å². The van der Waals surface area contributed by atoms with Crippen LogP contribution in [0.1, 0.15) is 51.2 Å². The van der Waals surface area contributed by atoms with E-state index in [-0.39, 0.29) is 12.1 Å². The van der Waals surface area contributed by atoms with Crippen LogP contribution in [0.15, 0.2) is 60.7 Å². The number of hydrogen-bond donors (Lipinski definition) is 0. The maximum absolute atomic E-state index is 12.2. The van der Waals surface area contributed by atoms with E-state index >= 15 is 0 Å². The fraction of sp³-hybridized carbons (Fsp3) is 0.480. The third-order valence-corrected chi connectivity index (χ3v) is 5.33. The van der Waals surface area contributed by atoms with Crippen molar-refractivity contribution in [1.29, 1.82) is 0 Å². The largest absolute Gasteiger partial charge is 0.461 e. The summed E-state index contributed by atoms with van der Waals surface area (Å²) in [4.78, 5) is 12.2. The molecule has 3 rings (SSSR count). The Kier molecular flexibility index (Phi) is 7.64. The third-order valence-electron chi connectivity index (χ3n) is 5.33. The zero-order chi connectivity index (χ0) is 21.5. The summed E-state index contributed by atoms with van der Waals surface area (Å²) in [6.45, 7) is 7.05. The molecule has 1 heterocycles. The van der Waals surface area contributed by atoms with Crippen molar-refractivity contribution in [2.24, 2.45) is 0 Å². The van der Waals surface area contributed by atoms with E-state index in [0.717, 1.165) is 11.1 Å². The lowest BCUT2D eigenvalue weighted by atomic mass is 9.92. The first kappa shape index (κ1) is 22.5. The molecule has 0 radical (unpaired) electrons. The van der Waals surface area contributed by atoms with Crippen LogP contribution in [0.3, 0.4) is 0 Å². The molecular weight excluding hydrogens is 380 g/mol. The van der Waals surface area contributed by atoms with Gasteiger partial charge in [0.25, 0.3) is 0 Å². The molecule has 0 spiro atoms. The highest BCUT2D eigenvalue weighted by Crippen LogP contribution is 2.40. The van der Waals surface area contributed by atoms with E-state index in [1.165, 1.54) is 0 Å². The number of hydrogen-bond acceptors (Lipinski definition) is 5. The Hall–Kier alpha value is -2.21. The molecule has 162 valence electrons. The summed E-state index contributed by atoms with van der Waals surface area (Å²) < 4.78 is 23.7. The van der Waals surface area contributed by atoms with Crippen molar-refractivity contribution in [3.05, 3.63) is 71.8 Å². The van der Waals surface area contributed by atoms with Crippen LogP contribution in [-0.4, -0.2) is 30.1 Å². The first-order valence-electron chi connectivity index (χ1n) is 10.6. The molecular formula is C25H32O5. The van der Waals surface area contributed by atoms with Gasteiger partial charge in [0.2, 0.25) is 0 Å². The molecule has 0 bridgehead atoms. The SMILES string of the molecule is C[C@H]1OC(C)(C)O[C@]1(CCCC(=O)OCc1ccccc1)COCc1ccccc1. The second-order valence-corrected chi connectivity index (χ2v) is 8.30. The highest BCUT2D eigenvalue weighted by Gasteiger charge is 2.51. The van der Waals surface area contributed by atoms with E-state index < -0.39 is 11.4 Å². The van der Waals surface area contributed by atoms with Crippen molar-refractivity contribution in [2.45, 2.75) is 70.7 Å². The molecule has 1 saturated heterocycles. The Morgan fingerprint density at radius 2 is 1.57 bits per heavy atom. The predicted molar refractivity (Wildman–Crippen MR) is 115 cm³/mol. The Bertz CT molecular complexity index is 790. The van der Waals surface area contributed by atoms with Crippen LogP contribution in [0.5, 0.6) is 0 Å². The minimum Gasteiger partial charge on any atom is -0.461 e. The van der Waals surface area contributed by atoms with E-state index in [0.29, 0.717) is 39.1 Å². The number of esters is 1. The summed E-state index contributed by atoms with van der Waals surface area (Å²) in [6, 6.07) is 19.7. The Morgan fingerprint density at radius 1 is 0.967 bits per heavy atom. The molecule has 30 heavy (non-hydrogen) atoms. The molecule has 1 aliphatic heterocycles. The topological polar surface area (TPSA) is 54.0 Å². The maximum atomic E-state index is 12.2. The molecule has 2 aromatic carbocycles. The Morgan fingerprint density at radius 3 is 2.13 bits per heavy atom. The smallest absolute Gasteiger partial charge is 0.306 e. The summed E-state index contributed by atoms with van der Waals surface area (Å²) in [5, 5.41) is 0. The highest BCUT2D eigenvalue weighted by atomic mass is 16.8. The normalized spacial score (nSPS) is 22.7. The molecule has 0 saturated carbocycles. The average Bonchev–Trinajstić information content (AvgIpc) is 2.96. The molecule has 2 atom stereocenters. The standard InChI is InChI=1S/C25H32O5/c1-20-25(30-24(2,3)29-20,19-27-17-21-11-6-4-7-12-21)16-10-15-23(26)28-18-22-13-8-5-9-14-22/h4-9,11-14,20H,10,15-19H2,1-3H3/t20-,25-/m1/s1. The molecule has 1 aliphatic rings. The Balaban J connectivity index is 1.50.